The summed E-state index contributed by atoms with van der Waals surface area (Å²) in [6, 6.07) is -7.67. The average Bonchev–Trinajstić information content (AvgIpc) is 2.21. The first-order chi connectivity index (χ1) is 41.0. The van der Waals surface area contributed by atoms with Crippen molar-refractivity contribution < 1.29 is 108 Å². The monoisotopic (exact) mass is 1320 g/mol. The van der Waals surface area contributed by atoms with Crippen LogP contribution in [0.3, 0.4) is 0 Å². The van der Waals surface area contributed by atoms with E-state index < -0.39 is 202 Å². The SMILES string of the molecule is NCC1O[C@H](O[C@H]2[C@@H](O)[C@H](O[C@H]3[C@H](O)[C@@H](N)C[C@@H](N)[C@@H]3O[C@H]3O[C@H](CN)[C@@H](O)[C@H](O)[C@H]3N)O[C@@H]2CSCCOCCSSCCOCCSC[C@H]2O[C@H](O[C@@H]3[C@@H](O)[C@H](O[C@H]4O[C@H](CN)[C@@H](O)C[C@H]4N)[C@@H](N)C[C@H]3N)[C@H](O)[C@@H](N)[C@@H]2O)[C@H](N)[C@@H](O)[C@@H]1O. The lowest BCUT2D eigenvalue weighted by molar-refractivity contribution is -0.309. The first-order valence-corrected chi connectivity index (χ1v) is 33.9. The van der Waals surface area contributed by atoms with E-state index in [1.54, 1.807) is 21.6 Å². The van der Waals surface area contributed by atoms with Gasteiger partial charge in [0.1, 0.15) is 85.5 Å². The lowest BCUT2D eigenvalue weighted by Gasteiger charge is -2.48. The molecule has 0 aromatic heterocycles. The van der Waals surface area contributed by atoms with E-state index in [1.165, 1.54) is 23.5 Å². The van der Waals surface area contributed by atoms with Crippen LogP contribution in [-0.2, 0) is 56.8 Å². The molecule has 0 spiro atoms. The molecule has 37 heteroatoms. The summed E-state index contributed by atoms with van der Waals surface area (Å²) in [5, 5.41) is 109. The van der Waals surface area contributed by atoms with Gasteiger partial charge in [0.15, 0.2) is 31.5 Å². The molecule has 7 rings (SSSR count). The van der Waals surface area contributed by atoms with Gasteiger partial charge in [0, 0.05) is 78.3 Å². The van der Waals surface area contributed by atoms with E-state index in [4.69, 9.17) is 120 Å². The van der Waals surface area contributed by atoms with Crippen LogP contribution in [0.2, 0.25) is 0 Å². The van der Waals surface area contributed by atoms with Crippen LogP contribution in [0.5, 0.6) is 0 Å². The van der Waals surface area contributed by atoms with Crippen molar-refractivity contribution in [3.63, 3.8) is 0 Å². The second kappa shape index (κ2) is 35.0. The summed E-state index contributed by atoms with van der Waals surface area (Å²) in [7, 11) is 3.24. The molecular formula is C49H97N11O22S4. The Morgan fingerprint density at radius 3 is 1.29 bits per heavy atom. The van der Waals surface area contributed by atoms with Crippen LogP contribution in [-0.4, -0.2) is 334 Å². The van der Waals surface area contributed by atoms with Gasteiger partial charge in [-0.05, 0) is 19.3 Å². The molecule has 7 fully saturated rings. The normalized spacial score (nSPS) is 47.8. The summed E-state index contributed by atoms with van der Waals surface area (Å²) in [5.41, 5.74) is 67.7. The summed E-state index contributed by atoms with van der Waals surface area (Å²) in [6.07, 6.45) is -30.3. The Labute approximate surface area is 515 Å². The smallest absolute Gasteiger partial charge is 0.187 e. The van der Waals surface area contributed by atoms with Gasteiger partial charge >= 0.3 is 0 Å². The van der Waals surface area contributed by atoms with E-state index in [-0.39, 0.29) is 50.4 Å². The zero-order valence-electron chi connectivity index (χ0n) is 47.7. The van der Waals surface area contributed by atoms with E-state index in [1.807, 2.05) is 0 Å². The minimum Gasteiger partial charge on any atom is -0.390 e. The highest BCUT2D eigenvalue weighted by molar-refractivity contribution is 8.76. The Morgan fingerprint density at radius 2 is 0.744 bits per heavy atom. The van der Waals surface area contributed by atoms with Crippen LogP contribution in [0, 0.1) is 0 Å². The van der Waals surface area contributed by atoms with Crippen molar-refractivity contribution in [3.8, 4) is 0 Å². The molecule has 504 valence electrons. The van der Waals surface area contributed by atoms with E-state index >= 15 is 0 Å². The van der Waals surface area contributed by atoms with Crippen LogP contribution in [0.15, 0.2) is 0 Å². The topological polar surface area (TPSA) is 599 Å². The van der Waals surface area contributed by atoms with Crippen molar-refractivity contribution in [1.82, 2.24) is 0 Å². The summed E-state index contributed by atoms with van der Waals surface area (Å²) >= 11 is 2.87. The molecule has 5 heterocycles. The number of hydrogen-bond donors (Lipinski definition) is 21. The van der Waals surface area contributed by atoms with Gasteiger partial charge in [-0.1, -0.05) is 21.6 Å². The van der Waals surface area contributed by atoms with Gasteiger partial charge in [0.25, 0.3) is 0 Å². The second-order valence-corrected chi connectivity index (χ2v) is 27.7. The fourth-order valence-corrected chi connectivity index (χ4v) is 14.8. The van der Waals surface area contributed by atoms with Crippen molar-refractivity contribution in [2.45, 2.75) is 221 Å². The van der Waals surface area contributed by atoms with E-state index in [0.29, 0.717) is 49.4 Å². The summed E-state index contributed by atoms with van der Waals surface area (Å²) in [5.74, 6) is 2.97. The van der Waals surface area contributed by atoms with Gasteiger partial charge in [-0.25, -0.2) is 0 Å². The zero-order chi connectivity index (χ0) is 62.7. The Hall–Kier alpha value is 0.0800. The molecule has 1 unspecified atom stereocenters. The van der Waals surface area contributed by atoms with Gasteiger partial charge in [0.2, 0.25) is 0 Å². The molecule has 0 aromatic rings. The maximum absolute atomic E-state index is 11.8. The highest BCUT2D eigenvalue weighted by Crippen LogP contribution is 2.37. The number of rotatable bonds is 30. The molecule has 0 radical (unpaired) electrons. The third kappa shape index (κ3) is 18.5. The molecule has 5 aliphatic heterocycles. The number of hydrogen-bond acceptors (Lipinski definition) is 37. The minimum absolute atomic E-state index is 0.0224. The third-order valence-corrected chi connectivity index (χ3v) is 20.8. The molecule has 0 bridgehead atoms. The Bertz CT molecular complexity index is 1970. The Balaban J connectivity index is 0.794. The number of nitrogens with two attached hydrogens (primary N) is 11. The van der Waals surface area contributed by atoms with Gasteiger partial charge in [-0.15, -0.1) is 0 Å². The summed E-state index contributed by atoms with van der Waals surface area (Å²) < 4.78 is 72.2. The fourth-order valence-electron chi connectivity index (χ4n) is 11.3. The molecule has 2 aliphatic carbocycles. The molecule has 0 aromatic carbocycles. The first-order valence-electron chi connectivity index (χ1n) is 29.1. The zero-order valence-corrected chi connectivity index (χ0v) is 51.0. The van der Waals surface area contributed by atoms with Gasteiger partial charge in [0.05, 0.1) is 87.2 Å². The summed E-state index contributed by atoms with van der Waals surface area (Å²) in [6.45, 7) is 1.38. The van der Waals surface area contributed by atoms with Crippen LogP contribution < -0.4 is 63.1 Å². The third-order valence-electron chi connectivity index (χ3n) is 16.4. The maximum atomic E-state index is 11.8. The molecule has 32 N–H and O–H groups in total. The van der Waals surface area contributed by atoms with Crippen molar-refractivity contribution >= 4 is 45.1 Å². The van der Waals surface area contributed by atoms with Crippen LogP contribution in [0.25, 0.3) is 0 Å². The second-order valence-electron chi connectivity index (χ2n) is 22.7. The maximum Gasteiger partial charge on any atom is 0.187 e. The predicted molar refractivity (Wildman–Crippen MR) is 314 cm³/mol. The first kappa shape index (κ1) is 73.5. The van der Waals surface area contributed by atoms with Crippen molar-refractivity contribution in [1.29, 1.82) is 0 Å². The van der Waals surface area contributed by atoms with Crippen molar-refractivity contribution in [2.75, 3.05) is 80.6 Å². The quantitative estimate of drug-likeness (QED) is 0.0235. The number of aliphatic hydroxyl groups excluding tert-OH is 10. The molecule has 5 saturated heterocycles. The van der Waals surface area contributed by atoms with Crippen LogP contribution >= 0.6 is 45.1 Å². The molecular weight excluding hydrogens is 1220 g/mol. The molecule has 0 amide bonds. The number of aliphatic hydroxyl groups is 10. The standard InChI is InChI=1S/C49H97N11O22S4/c50-12-23-22(61)11-21(57)45(73-23)78-40-18(54)10-19(55)41(38(40)69)79-48-37(68)28(58)32(63)26(76-48)15-83-5-1-71-3-7-85-86-8-4-72-2-6-84-16-27-43(81-47-30(60)36(67)34(65)25(14-52)75-47)39(70)49(77-27)82-44-31(62)17(53)9-20(56)42(44)80-46-29(59)35(66)33(64)24(13-51)74-46/h17-49,61-70H,1-16,50-60H2/t17-,18-,19+,20+,21+,22-,23+,24+,25?,26+,27+,28-,29+,30+,31+,32+,33+,34+,35+,36+,37+,38-,39+,40+,41-,42-,43+,44-,45+,46+,47+,48+,49-/m0/s1. The number of thioether (sulfide) groups is 2. The van der Waals surface area contributed by atoms with Crippen LogP contribution in [0.1, 0.15) is 19.3 Å². The van der Waals surface area contributed by atoms with Gasteiger partial charge in [-0.3, -0.25) is 0 Å². The highest BCUT2D eigenvalue weighted by Gasteiger charge is 2.56. The molecule has 2 saturated carbocycles. The Morgan fingerprint density at radius 1 is 0.326 bits per heavy atom. The fraction of sp³-hybridized carbons (Fsp3) is 1.00. The predicted octanol–water partition coefficient (Wildman–Crippen LogP) is -11.3. The minimum atomic E-state index is -1.57. The number of ether oxygens (including phenoxy) is 12. The molecule has 7 aliphatic rings. The largest absolute Gasteiger partial charge is 0.390 e. The Kier molecular flexibility index (Phi) is 29.9. The lowest BCUT2D eigenvalue weighted by Crippen LogP contribution is -2.68. The molecule has 86 heavy (non-hydrogen) atoms. The van der Waals surface area contributed by atoms with Crippen LogP contribution in [0.4, 0.5) is 0 Å². The molecule has 33 nitrogen and oxygen atoms in total. The van der Waals surface area contributed by atoms with E-state index in [0.717, 1.165) is 0 Å². The van der Waals surface area contributed by atoms with E-state index in [2.05, 4.69) is 0 Å². The van der Waals surface area contributed by atoms with Crippen molar-refractivity contribution in [2.24, 2.45) is 63.1 Å². The van der Waals surface area contributed by atoms with Gasteiger partial charge in [-0.2, -0.15) is 23.5 Å². The van der Waals surface area contributed by atoms with Gasteiger partial charge < -0.3 is 171 Å². The highest BCUT2D eigenvalue weighted by atomic mass is 33.1. The van der Waals surface area contributed by atoms with Crippen molar-refractivity contribution in [3.05, 3.63) is 0 Å². The van der Waals surface area contributed by atoms with E-state index in [9.17, 15) is 51.1 Å². The summed E-state index contributed by atoms with van der Waals surface area (Å²) in [4.78, 5) is 0. The lowest BCUT2D eigenvalue weighted by atomic mass is 9.84. The molecule has 33 atom stereocenters. The average molecular weight is 1320 g/mol.